The summed E-state index contributed by atoms with van der Waals surface area (Å²) in [5, 5.41) is 3.11. The number of rotatable bonds is 5. The SMILES string of the molecule is NC(=O)CN1CCC(NC(=O)C2CC2c2ccc(F)cc2)CC1. The summed E-state index contributed by atoms with van der Waals surface area (Å²) >= 11 is 0. The van der Waals surface area contributed by atoms with E-state index in [1.807, 2.05) is 4.90 Å². The number of hydrogen-bond donors (Lipinski definition) is 2. The van der Waals surface area contributed by atoms with Gasteiger partial charge in [-0.1, -0.05) is 12.1 Å². The molecule has 3 rings (SSSR count). The normalized spacial score (nSPS) is 25.1. The van der Waals surface area contributed by atoms with E-state index in [2.05, 4.69) is 5.32 Å². The second-order valence-corrected chi connectivity index (χ2v) is 6.53. The molecule has 23 heavy (non-hydrogen) atoms. The number of nitrogens with two attached hydrogens (primary N) is 1. The highest BCUT2D eigenvalue weighted by molar-refractivity contribution is 5.83. The quantitative estimate of drug-likeness (QED) is 0.850. The van der Waals surface area contributed by atoms with Crippen molar-refractivity contribution in [2.75, 3.05) is 19.6 Å². The van der Waals surface area contributed by atoms with E-state index in [0.29, 0.717) is 0 Å². The molecule has 3 N–H and O–H groups in total. The minimum Gasteiger partial charge on any atom is -0.369 e. The molecule has 2 aliphatic rings. The van der Waals surface area contributed by atoms with E-state index in [1.54, 1.807) is 12.1 Å². The molecular weight excluding hydrogens is 297 g/mol. The summed E-state index contributed by atoms with van der Waals surface area (Å²) in [6.07, 6.45) is 2.51. The van der Waals surface area contributed by atoms with Crippen LogP contribution in [-0.2, 0) is 9.59 Å². The largest absolute Gasteiger partial charge is 0.369 e. The van der Waals surface area contributed by atoms with Gasteiger partial charge in [-0.05, 0) is 42.9 Å². The molecule has 124 valence electrons. The monoisotopic (exact) mass is 319 g/mol. The first kappa shape index (κ1) is 15.9. The maximum absolute atomic E-state index is 12.9. The third-order valence-electron chi connectivity index (χ3n) is 4.74. The number of carbonyl (C=O) groups is 2. The number of hydrogen-bond acceptors (Lipinski definition) is 3. The van der Waals surface area contributed by atoms with Crippen molar-refractivity contribution in [1.29, 1.82) is 0 Å². The molecule has 0 aromatic heterocycles. The Labute approximate surface area is 135 Å². The Kier molecular flexibility index (Phi) is 4.61. The number of nitrogens with one attached hydrogen (secondary N) is 1. The van der Waals surface area contributed by atoms with E-state index in [9.17, 15) is 14.0 Å². The van der Waals surface area contributed by atoms with Crippen LogP contribution in [0.4, 0.5) is 4.39 Å². The maximum Gasteiger partial charge on any atom is 0.231 e. The molecule has 1 aromatic carbocycles. The zero-order valence-corrected chi connectivity index (χ0v) is 13.0. The van der Waals surface area contributed by atoms with Crippen LogP contribution in [0.1, 0.15) is 30.7 Å². The van der Waals surface area contributed by atoms with Gasteiger partial charge < -0.3 is 11.1 Å². The van der Waals surface area contributed by atoms with Crippen molar-refractivity contribution < 1.29 is 14.0 Å². The summed E-state index contributed by atoms with van der Waals surface area (Å²) < 4.78 is 12.9. The van der Waals surface area contributed by atoms with Crippen LogP contribution in [0.5, 0.6) is 0 Å². The number of nitrogens with zero attached hydrogens (tertiary/aromatic N) is 1. The molecule has 6 heteroatoms. The zero-order chi connectivity index (χ0) is 16.4. The third kappa shape index (κ3) is 4.07. The maximum atomic E-state index is 12.9. The summed E-state index contributed by atoms with van der Waals surface area (Å²) in [4.78, 5) is 25.2. The number of amides is 2. The van der Waals surface area contributed by atoms with Crippen molar-refractivity contribution in [2.24, 2.45) is 11.7 Å². The Hall–Kier alpha value is -1.95. The number of likely N-dealkylation sites (tertiary alicyclic amines) is 1. The molecule has 1 heterocycles. The number of halogens is 1. The molecule has 2 unspecified atom stereocenters. The zero-order valence-electron chi connectivity index (χ0n) is 13.0. The molecule has 0 radical (unpaired) electrons. The smallest absolute Gasteiger partial charge is 0.231 e. The van der Waals surface area contributed by atoms with Gasteiger partial charge in [-0.3, -0.25) is 14.5 Å². The summed E-state index contributed by atoms with van der Waals surface area (Å²) in [5.74, 6) is -0.256. The van der Waals surface area contributed by atoms with Gasteiger partial charge >= 0.3 is 0 Å². The standard InChI is InChI=1S/C17H22FN3O2/c18-12-3-1-11(2-4-12)14-9-15(14)17(23)20-13-5-7-21(8-6-13)10-16(19)22/h1-4,13-15H,5-10H2,(H2,19,22)(H,20,23). The van der Waals surface area contributed by atoms with E-state index >= 15 is 0 Å². The first-order chi connectivity index (χ1) is 11.0. The van der Waals surface area contributed by atoms with Gasteiger partial charge in [0.25, 0.3) is 0 Å². The van der Waals surface area contributed by atoms with Gasteiger partial charge in [-0.2, -0.15) is 0 Å². The molecule has 2 fully saturated rings. The highest BCUT2D eigenvalue weighted by Crippen LogP contribution is 2.47. The van der Waals surface area contributed by atoms with E-state index in [4.69, 9.17) is 5.73 Å². The Morgan fingerprint density at radius 1 is 1.22 bits per heavy atom. The minimum atomic E-state index is -0.312. The molecule has 1 aliphatic heterocycles. The fourth-order valence-electron chi connectivity index (χ4n) is 3.33. The van der Waals surface area contributed by atoms with Crippen LogP contribution in [0.3, 0.4) is 0 Å². The highest BCUT2D eigenvalue weighted by Gasteiger charge is 2.44. The summed E-state index contributed by atoms with van der Waals surface area (Å²) in [7, 11) is 0. The topological polar surface area (TPSA) is 75.4 Å². The lowest BCUT2D eigenvalue weighted by atomic mass is 10.0. The van der Waals surface area contributed by atoms with E-state index in [1.165, 1.54) is 12.1 Å². The van der Waals surface area contributed by atoms with Crippen molar-refractivity contribution >= 4 is 11.8 Å². The molecule has 0 bridgehead atoms. The second kappa shape index (κ2) is 6.66. The van der Waals surface area contributed by atoms with Crippen LogP contribution in [0.25, 0.3) is 0 Å². The van der Waals surface area contributed by atoms with Crippen LogP contribution < -0.4 is 11.1 Å². The lowest BCUT2D eigenvalue weighted by Crippen LogP contribution is -2.47. The van der Waals surface area contributed by atoms with Crippen LogP contribution in [0, 0.1) is 11.7 Å². The predicted molar refractivity (Wildman–Crippen MR) is 84.0 cm³/mol. The molecule has 1 saturated heterocycles. The first-order valence-electron chi connectivity index (χ1n) is 8.09. The molecular formula is C17H22FN3O2. The molecule has 2 atom stereocenters. The summed E-state index contributed by atoms with van der Waals surface area (Å²) in [5.41, 5.74) is 6.22. The van der Waals surface area contributed by atoms with Gasteiger partial charge in [-0.15, -0.1) is 0 Å². The van der Waals surface area contributed by atoms with Crippen LogP contribution in [-0.4, -0.2) is 42.4 Å². The fraction of sp³-hybridized carbons (Fsp3) is 0.529. The Morgan fingerprint density at radius 3 is 2.48 bits per heavy atom. The Morgan fingerprint density at radius 2 is 1.87 bits per heavy atom. The van der Waals surface area contributed by atoms with E-state index in [0.717, 1.165) is 37.9 Å². The van der Waals surface area contributed by atoms with Gasteiger partial charge in [-0.25, -0.2) is 4.39 Å². The fourth-order valence-corrected chi connectivity index (χ4v) is 3.33. The molecule has 5 nitrogen and oxygen atoms in total. The van der Waals surface area contributed by atoms with Crippen molar-refractivity contribution in [3.05, 3.63) is 35.6 Å². The number of benzene rings is 1. The summed E-state index contributed by atoms with van der Waals surface area (Å²) in [6.45, 7) is 1.84. The van der Waals surface area contributed by atoms with Crippen LogP contribution in [0.2, 0.25) is 0 Å². The molecule has 1 aromatic rings. The van der Waals surface area contributed by atoms with Gasteiger partial charge in [0, 0.05) is 25.0 Å². The van der Waals surface area contributed by atoms with Crippen molar-refractivity contribution in [2.45, 2.75) is 31.2 Å². The van der Waals surface area contributed by atoms with E-state index < -0.39 is 0 Å². The number of primary amides is 1. The van der Waals surface area contributed by atoms with E-state index in [-0.39, 0.29) is 42.1 Å². The van der Waals surface area contributed by atoms with Crippen molar-refractivity contribution in [1.82, 2.24) is 10.2 Å². The minimum absolute atomic E-state index is 0.00381. The molecule has 1 saturated carbocycles. The van der Waals surface area contributed by atoms with Gasteiger partial charge in [0.1, 0.15) is 5.82 Å². The lowest BCUT2D eigenvalue weighted by molar-refractivity contribution is -0.124. The van der Waals surface area contributed by atoms with Gasteiger partial charge in [0.2, 0.25) is 11.8 Å². The average Bonchev–Trinajstić information content (AvgIpc) is 3.30. The number of carbonyl (C=O) groups excluding carboxylic acids is 2. The summed E-state index contributed by atoms with van der Waals surface area (Å²) in [6, 6.07) is 6.57. The highest BCUT2D eigenvalue weighted by atomic mass is 19.1. The van der Waals surface area contributed by atoms with Gasteiger partial charge in [0.05, 0.1) is 6.54 Å². The molecule has 1 aliphatic carbocycles. The third-order valence-corrected chi connectivity index (χ3v) is 4.74. The van der Waals surface area contributed by atoms with Crippen LogP contribution in [0.15, 0.2) is 24.3 Å². The Balaban J connectivity index is 1.44. The predicted octanol–water partition coefficient (Wildman–Crippen LogP) is 0.995. The van der Waals surface area contributed by atoms with Gasteiger partial charge in [0.15, 0.2) is 0 Å². The average molecular weight is 319 g/mol. The Bertz CT molecular complexity index is 582. The van der Waals surface area contributed by atoms with Crippen molar-refractivity contribution in [3.8, 4) is 0 Å². The molecule has 0 spiro atoms. The lowest BCUT2D eigenvalue weighted by Gasteiger charge is -2.31. The van der Waals surface area contributed by atoms with Crippen molar-refractivity contribution in [3.63, 3.8) is 0 Å². The second-order valence-electron chi connectivity index (χ2n) is 6.53. The molecule has 2 amide bonds. The first-order valence-corrected chi connectivity index (χ1v) is 8.09. The van der Waals surface area contributed by atoms with Crippen LogP contribution >= 0.6 is 0 Å². The number of piperidine rings is 1.